The molecule has 0 aliphatic heterocycles. The highest BCUT2D eigenvalue weighted by molar-refractivity contribution is 7.98. The fourth-order valence-corrected chi connectivity index (χ4v) is 2.15. The topological polar surface area (TPSA) is 64.3 Å². The van der Waals surface area contributed by atoms with E-state index < -0.39 is 0 Å². The van der Waals surface area contributed by atoms with Gasteiger partial charge in [0.15, 0.2) is 0 Å². The molecule has 0 saturated carbocycles. The predicted octanol–water partition coefficient (Wildman–Crippen LogP) is 1.28. The van der Waals surface area contributed by atoms with Crippen molar-refractivity contribution in [2.45, 2.75) is 12.7 Å². The Hall–Kier alpha value is -0.860. The second kappa shape index (κ2) is 7.55. The standard InChI is InChI=1S/C10H19N5OS2/c1-8-9(13-7-12-8)6-18-5-4-11-10(16)15(17)14(2)3/h7,17H,4-6H2,1-3H3,(H,11,16)(H,12,13). The maximum atomic E-state index is 11.5. The van der Waals surface area contributed by atoms with Crippen molar-refractivity contribution >= 4 is 30.6 Å². The molecule has 1 heterocycles. The van der Waals surface area contributed by atoms with Gasteiger partial charge in [0.05, 0.1) is 12.0 Å². The van der Waals surface area contributed by atoms with E-state index in [1.165, 1.54) is 4.41 Å². The quantitative estimate of drug-likeness (QED) is 0.419. The van der Waals surface area contributed by atoms with Crippen molar-refractivity contribution < 1.29 is 4.79 Å². The van der Waals surface area contributed by atoms with Crippen molar-refractivity contribution in [1.82, 2.24) is 24.7 Å². The highest BCUT2D eigenvalue weighted by Crippen LogP contribution is 2.11. The van der Waals surface area contributed by atoms with Crippen LogP contribution in [0, 0.1) is 6.92 Å². The Bertz CT molecular complexity index is 382. The van der Waals surface area contributed by atoms with Gasteiger partial charge in [-0.05, 0) is 19.7 Å². The van der Waals surface area contributed by atoms with Crippen LogP contribution >= 0.6 is 24.6 Å². The summed E-state index contributed by atoms with van der Waals surface area (Å²) in [5.41, 5.74) is 2.16. The van der Waals surface area contributed by atoms with Gasteiger partial charge in [0, 0.05) is 37.8 Å². The Labute approximate surface area is 117 Å². The fraction of sp³-hybridized carbons (Fsp3) is 0.600. The summed E-state index contributed by atoms with van der Waals surface area (Å²) in [6.45, 7) is 2.59. The molecular weight excluding hydrogens is 270 g/mol. The minimum Gasteiger partial charge on any atom is -0.348 e. The van der Waals surface area contributed by atoms with Gasteiger partial charge < -0.3 is 10.3 Å². The molecule has 0 spiro atoms. The van der Waals surface area contributed by atoms with E-state index in [1.807, 2.05) is 6.92 Å². The van der Waals surface area contributed by atoms with Gasteiger partial charge in [-0.2, -0.15) is 11.8 Å². The van der Waals surface area contributed by atoms with Gasteiger partial charge in [-0.25, -0.2) is 19.2 Å². The number of H-pyrrole nitrogens is 1. The first kappa shape index (κ1) is 15.2. The highest BCUT2D eigenvalue weighted by atomic mass is 32.2. The first-order valence-corrected chi connectivity index (χ1v) is 7.08. The molecule has 0 bridgehead atoms. The molecule has 2 amide bonds. The summed E-state index contributed by atoms with van der Waals surface area (Å²) in [6, 6.07) is -0.221. The average molecular weight is 289 g/mol. The summed E-state index contributed by atoms with van der Waals surface area (Å²) < 4.78 is 1.23. The lowest BCUT2D eigenvalue weighted by Gasteiger charge is -2.22. The minimum atomic E-state index is -0.221. The summed E-state index contributed by atoms with van der Waals surface area (Å²) in [7, 11) is 3.50. The summed E-state index contributed by atoms with van der Waals surface area (Å²) in [5.74, 6) is 1.72. The molecule has 2 N–H and O–H groups in total. The van der Waals surface area contributed by atoms with Crippen LogP contribution in [-0.4, -0.2) is 51.8 Å². The Kier molecular flexibility index (Phi) is 6.37. The van der Waals surface area contributed by atoms with E-state index in [1.54, 1.807) is 37.2 Å². The van der Waals surface area contributed by atoms with E-state index in [2.05, 4.69) is 28.1 Å². The lowest BCUT2D eigenvalue weighted by Crippen LogP contribution is -2.42. The number of carbonyl (C=O) groups excluding carboxylic acids is 1. The third kappa shape index (κ3) is 4.79. The molecule has 18 heavy (non-hydrogen) atoms. The van der Waals surface area contributed by atoms with Gasteiger partial charge in [0.2, 0.25) is 0 Å². The van der Waals surface area contributed by atoms with Gasteiger partial charge in [-0.15, -0.1) is 0 Å². The summed E-state index contributed by atoms with van der Waals surface area (Å²) >= 11 is 5.78. The molecule has 8 heteroatoms. The van der Waals surface area contributed by atoms with E-state index in [-0.39, 0.29) is 6.03 Å². The zero-order valence-corrected chi connectivity index (χ0v) is 12.5. The molecule has 1 aromatic heterocycles. The van der Waals surface area contributed by atoms with Crippen molar-refractivity contribution in [1.29, 1.82) is 0 Å². The van der Waals surface area contributed by atoms with Crippen LogP contribution in [0.1, 0.15) is 11.4 Å². The molecule has 0 saturated heterocycles. The molecule has 1 rings (SSSR count). The van der Waals surface area contributed by atoms with Gasteiger partial charge >= 0.3 is 6.03 Å². The van der Waals surface area contributed by atoms with Crippen molar-refractivity contribution in [2.24, 2.45) is 0 Å². The molecule has 0 aromatic carbocycles. The number of imidazole rings is 1. The van der Waals surface area contributed by atoms with Gasteiger partial charge in [0.25, 0.3) is 0 Å². The van der Waals surface area contributed by atoms with Crippen LogP contribution in [0.2, 0.25) is 0 Å². The van der Waals surface area contributed by atoms with E-state index in [4.69, 9.17) is 0 Å². The molecule has 0 atom stereocenters. The number of hydrogen-bond acceptors (Lipinski definition) is 5. The molecular formula is C10H19N5OS2. The molecule has 102 valence electrons. The number of carbonyl (C=O) groups is 1. The zero-order chi connectivity index (χ0) is 13.5. The first-order chi connectivity index (χ1) is 8.52. The lowest BCUT2D eigenvalue weighted by atomic mass is 10.4. The van der Waals surface area contributed by atoms with Crippen LogP contribution < -0.4 is 5.32 Å². The van der Waals surface area contributed by atoms with E-state index in [9.17, 15) is 4.79 Å². The van der Waals surface area contributed by atoms with Gasteiger partial charge in [-0.1, -0.05) is 0 Å². The Morgan fingerprint density at radius 1 is 1.61 bits per heavy atom. The van der Waals surface area contributed by atoms with Gasteiger partial charge in [-0.3, -0.25) is 0 Å². The van der Waals surface area contributed by atoms with Crippen LogP contribution in [0.15, 0.2) is 6.33 Å². The molecule has 1 aromatic rings. The second-order valence-corrected chi connectivity index (χ2v) is 5.37. The van der Waals surface area contributed by atoms with Crippen molar-refractivity contribution in [3.05, 3.63) is 17.7 Å². The molecule has 0 unspecified atom stereocenters. The second-order valence-electron chi connectivity index (χ2n) is 3.89. The molecule has 0 fully saturated rings. The van der Waals surface area contributed by atoms with Crippen LogP contribution in [0.5, 0.6) is 0 Å². The number of thiol groups is 1. The zero-order valence-electron chi connectivity index (χ0n) is 10.8. The van der Waals surface area contributed by atoms with Crippen LogP contribution in [0.4, 0.5) is 4.79 Å². The van der Waals surface area contributed by atoms with E-state index in [0.29, 0.717) is 6.54 Å². The summed E-state index contributed by atoms with van der Waals surface area (Å²) in [5, 5.41) is 4.38. The fourth-order valence-electron chi connectivity index (χ4n) is 1.19. The van der Waals surface area contributed by atoms with Crippen molar-refractivity contribution in [3.63, 3.8) is 0 Å². The smallest absolute Gasteiger partial charge is 0.342 e. The maximum absolute atomic E-state index is 11.5. The van der Waals surface area contributed by atoms with E-state index >= 15 is 0 Å². The third-order valence-corrected chi connectivity index (χ3v) is 3.79. The number of hydrogen-bond donors (Lipinski definition) is 3. The number of hydrazine groups is 1. The van der Waals surface area contributed by atoms with Crippen LogP contribution in [-0.2, 0) is 5.75 Å². The maximum Gasteiger partial charge on any atom is 0.342 e. The summed E-state index contributed by atoms with van der Waals surface area (Å²) in [6.07, 6.45) is 1.70. The largest absolute Gasteiger partial charge is 0.348 e. The number of thioether (sulfide) groups is 1. The van der Waals surface area contributed by atoms with Crippen molar-refractivity contribution in [2.75, 3.05) is 26.4 Å². The highest BCUT2D eigenvalue weighted by Gasteiger charge is 2.10. The Morgan fingerprint density at radius 3 is 2.89 bits per heavy atom. The number of aryl methyl sites for hydroxylation is 1. The van der Waals surface area contributed by atoms with Crippen LogP contribution in [0.25, 0.3) is 0 Å². The average Bonchev–Trinajstić information content (AvgIpc) is 2.73. The van der Waals surface area contributed by atoms with Crippen LogP contribution in [0.3, 0.4) is 0 Å². The Balaban J connectivity index is 2.12. The first-order valence-electron chi connectivity index (χ1n) is 5.53. The van der Waals surface area contributed by atoms with Gasteiger partial charge in [0.1, 0.15) is 0 Å². The number of aromatic amines is 1. The number of amides is 2. The minimum absolute atomic E-state index is 0.221. The number of rotatable bonds is 6. The molecule has 0 radical (unpaired) electrons. The number of urea groups is 1. The van der Waals surface area contributed by atoms with Crippen molar-refractivity contribution in [3.8, 4) is 0 Å². The normalized spacial score (nSPS) is 10.7. The van der Waals surface area contributed by atoms with E-state index in [0.717, 1.165) is 22.9 Å². The molecule has 0 aliphatic carbocycles. The monoisotopic (exact) mass is 289 g/mol. The molecule has 0 aliphatic rings. The number of nitrogens with one attached hydrogen (secondary N) is 2. The lowest BCUT2D eigenvalue weighted by molar-refractivity contribution is 0.151. The summed E-state index contributed by atoms with van der Waals surface area (Å²) in [4.78, 5) is 18.7. The SMILES string of the molecule is Cc1nc[nH]c1CSCCNC(=O)N(S)N(C)C. The number of aromatic nitrogens is 2. The Morgan fingerprint density at radius 2 is 2.33 bits per heavy atom. The number of nitrogens with zero attached hydrogens (tertiary/aromatic N) is 3. The molecule has 6 nitrogen and oxygen atoms in total. The predicted molar refractivity (Wildman–Crippen MR) is 77.4 cm³/mol. The third-order valence-electron chi connectivity index (χ3n) is 2.26.